The van der Waals surface area contributed by atoms with E-state index >= 15 is 0 Å². The Kier molecular flexibility index (Phi) is 28.6. The van der Waals surface area contributed by atoms with Gasteiger partial charge in [0.25, 0.3) is 0 Å². The van der Waals surface area contributed by atoms with E-state index in [-0.39, 0.29) is 19.5 Å². The van der Waals surface area contributed by atoms with Gasteiger partial charge in [0.05, 0.1) is 0 Å². The van der Waals surface area contributed by atoms with Crippen LogP contribution in [-0.4, -0.2) is 17.5 Å². The molecule has 0 unspecified atom stereocenters. The Morgan fingerprint density at radius 1 is 1.89 bits per heavy atom. The molecule has 0 saturated heterocycles. The number of amides is 1. The van der Waals surface area contributed by atoms with Gasteiger partial charge in [-0.1, -0.05) is 0 Å². The molecule has 4 N–H and O–H groups in total. The fourth-order valence-corrected chi connectivity index (χ4v) is 0. The van der Waals surface area contributed by atoms with Crippen LogP contribution in [0.4, 0.5) is 4.79 Å². The summed E-state index contributed by atoms with van der Waals surface area (Å²) in [6.07, 6.45) is 0.688. The van der Waals surface area contributed by atoms with Crippen LogP contribution >= 0.6 is 22.5 Å². The number of nitrogens with one attached hydrogen (secondary N) is 1. The average molecular weight is 222 g/mol. The fraction of sp³-hybridized carbons (Fsp3) is 0.500. The molecule has 0 aliphatic rings. The number of carboxylic acid groups (broad SMARTS) is 1. The molecule has 0 spiro atoms. The predicted octanol–water partition coefficient (Wildman–Crippen LogP) is 0.319. The van der Waals surface area contributed by atoms with Crippen LogP contribution in [0.15, 0.2) is 0 Å². The molecule has 52 valence electrons. The molecule has 0 aliphatic heterocycles. The first-order valence-corrected chi connectivity index (χ1v) is 3.83. The summed E-state index contributed by atoms with van der Waals surface area (Å²) in [4.78, 5) is 9.13. The third-order valence-electron chi connectivity index (χ3n) is 0.123. The molecule has 0 atom stereocenters. The second-order valence-electron chi connectivity index (χ2n) is 0.632. The van der Waals surface area contributed by atoms with Gasteiger partial charge >= 0.3 is 6.09 Å². The molecule has 4 nitrogen and oxygen atoms in total. The molecule has 0 rings (SSSR count). The third kappa shape index (κ3) is 56.3. The van der Waals surface area contributed by atoms with Crippen molar-refractivity contribution in [3.05, 3.63) is 0 Å². The molecular formula is C2H8N2O2S2Zn. The minimum atomic E-state index is -1.22. The molecule has 0 aliphatic carbocycles. The Morgan fingerprint density at radius 3 is 2.00 bits per heavy atom. The Bertz CT molecular complexity index is 64.5. The van der Waals surface area contributed by atoms with Gasteiger partial charge in [0, 0.05) is 19.5 Å². The summed E-state index contributed by atoms with van der Waals surface area (Å²) in [7, 11) is 1.44. The minimum Gasteiger partial charge on any atom is -0.464 e. The van der Waals surface area contributed by atoms with Crippen LogP contribution < -0.4 is 11.3 Å². The van der Waals surface area contributed by atoms with Gasteiger partial charge in [0.2, 0.25) is 0 Å². The van der Waals surface area contributed by atoms with Crippen molar-refractivity contribution in [1.82, 2.24) is 5.43 Å². The van der Waals surface area contributed by atoms with Gasteiger partial charge in [0.1, 0.15) is 0 Å². The van der Waals surface area contributed by atoms with E-state index in [1.165, 1.54) is 16.2 Å². The van der Waals surface area contributed by atoms with Crippen molar-refractivity contribution in [2.24, 2.45) is 5.84 Å². The summed E-state index contributed by atoms with van der Waals surface area (Å²) in [5.74, 6) is 4.32. The largest absolute Gasteiger partial charge is 0.464 e. The van der Waals surface area contributed by atoms with Crippen LogP contribution in [0, 0.1) is 0 Å². The molecule has 7 heteroatoms. The minimum absolute atomic E-state index is 0. The van der Waals surface area contributed by atoms with Crippen LogP contribution in [0.25, 0.3) is 0 Å². The first-order chi connectivity index (χ1) is 3.68. The summed E-state index contributed by atoms with van der Waals surface area (Å²) >= 11 is 3.71. The Balaban J connectivity index is -0.0000000800. The third-order valence-corrected chi connectivity index (χ3v) is 0.123. The van der Waals surface area contributed by atoms with E-state index in [4.69, 9.17) is 9.90 Å². The van der Waals surface area contributed by atoms with Crippen molar-refractivity contribution in [2.45, 2.75) is 0 Å². The molecule has 0 saturated carbocycles. The maximum absolute atomic E-state index is 9.13. The first kappa shape index (κ1) is 16.3. The quantitative estimate of drug-likeness (QED) is 0.119. The normalized spacial score (nSPS) is 5.67. The number of hydrazine groups is 1. The molecule has 0 aromatic carbocycles. The van der Waals surface area contributed by atoms with Crippen LogP contribution in [0.2, 0.25) is 0 Å². The van der Waals surface area contributed by atoms with Crippen molar-refractivity contribution in [2.75, 3.05) is 6.26 Å². The van der Waals surface area contributed by atoms with Crippen LogP contribution in [-0.2, 0) is 19.5 Å². The fourth-order valence-electron chi connectivity index (χ4n) is 0. The molecule has 1 amide bonds. The monoisotopic (exact) mass is 220 g/mol. The van der Waals surface area contributed by atoms with E-state index in [9.17, 15) is 0 Å². The number of carbonyl (C=O) groups is 1. The average Bonchev–Trinajstić information content (AvgIpc) is 1.69. The summed E-state index contributed by atoms with van der Waals surface area (Å²) in [6.45, 7) is 0. The molecule has 9 heavy (non-hydrogen) atoms. The van der Waals surface area contributed by atoms with E-state index in [1.807, 2.05) is 6.26 Å². The van der Waals surface area contributed by atoms with Crippen LogP contribution in [0.3, 0.4) is 0 Å². The van der Waals surface area contributed by atoms with E-state index in [2.05, 4.69) is 17.5 Å². The van der Waals surface area contributed by atoms with Crippen LogP contribution in [0.1, 0.15) is 0 Å². The maximum atomic E-state index is 9.13. The molecule has 0 fully saturated rings. The molecule has 0 aromatic heterocycles. The standard InChI is InChI=1S/CH4N2O2.CH4S2.Zn/c2-3-1(4)5;1-3-2;/h3H,2H2,(H,4,5);2H,1H3;. The summed E-state index contributed by atoms with van der Waals surface area (Å²) < 4.78 is 0. The number of hydrogen-bond donors (Lipinski definition) is 4. The van der Waals surface area contributed by atoms with E-state index in [0.29, 0.717) is 0 Å². The summed E-state index contributed by atoms with van der Waals surface area (Å²) in [5.41, 5.74) is 1.44. The van der Waals surface area contributed by atoms with Gasteiger partial charge in [0.15, 0.2) is 0 Å². The predicted molar refractivity (Wildman–Crippen MR) is 37.8 cm³/mol. The SMILES string of the molecule is CSS.NNC(=O)O.[Zn]. The second kappa shape index (κ2) is 15.8. The number of rotatable bonds is 0. The molecule has 0 heterocycles. The smallest absolute Gasteiger partial charge is 0.418 e. The summed E-state index contributed by atoms with van der Waals surface area (Å²) in [5, 5.41) is 7.49. The molecule has 0 aromatic rings. The van der Waals surface area contributed by atoms with Crippen molar-refractivity contribution >= 4 is 28.5 Å². The number of nitrogens with two attached hydrogens (primary N) is 1. The van der Waals surface area contributed by atoms with Gasteiger partial charge in [-0.15, -0.1) is 22.5 Å². The van der Waals surface area contributed by atoms with Crippen molar-refractivity contribution in [1.29, 1.82) is 0 Å². The van der Waals surface area contributed by atoms with E-state index in [0.717, 1.165) is 0 Å². The zero-order valence-electron chi connectivity index (χ0n) is 5.00. The zero-order chi connectivity index (χ0) is 6.99. The van der Waals surface area contributed by atoms with E-state index in [1.54, 1.807) is 0 Å². The van der Waals surface area contributed by atoms with Gasteiger partial charge < -0.3 is 5.11 Å². The summed E-state index contributed by atoms with van der Waals surface area (Å²) in [6, 6.07) is 0. The number of hydrogen-bond acceptors (Lipinski definition) is 4. The molecule has 0 bridgehead atoms. The van der Waals surface area contributed by atoms with E-state index < -0.39 is 6.09 Å². The molecular weight excluding hydrogens is 214 g/mol. The van der Waals surface area contributed by atoms with Crippen molar-refractivity contribution < 1.29 is 29.4 Å². The molecule has 0 radical (unpaired) electrons. The van der Waals surface area contributed by atoms with Gasteiger partial charge in [-0.25, -0.2) is 10.6 Å². The second-order valence-corrected chi connectivity index (χ2v) is 2.09. The van der Waals surface area contributed by atoms with Gasteiger partial charge in [-0.2, -0.15) is 0 Å². The Hall–Kier alpha value is 0.553. The van der Waals surface area contributed by atoms with Crippen LogP contribution in [0.5, 0.6) is 0 Å². The maximum Gasteiger partial charge on any atom is 0.418 e. The number of thiol groups is 1. The van der Waals surface area contributed by atoms with Gasteiger partial charge in [-0.3, -0.25) is 5.43 Å². The first-order valence-electron chi connectivity index (χ1n) is 1.56. The van der Waals surface area contributed by atoms with Crippen molar-refractivity contribution in [3.63, 3.8) is 0 Å². The Morgan fingerprint density at radius 2 is 2.00 bits per heavy atom. The van der Waals surface area contributed by atoms with Crippen molar-refractivity contribution in [3.8, 4) is 0 Å². The van der Waals surface area contributed by atoms with Gasteiger partial charge in [-0.05, 0) is 6.26 Å². The Labute approximate surface area is 75.5 Å². The zero-order valence-corrected chi connectivity index (χ0v) is 9.67. The topological polar surface area (TPSA) is 75.3 Å².